The van der Waals surface area contributed by atoms with Crippen LogP contribution in [-0.2, 0) is 10.0 Å². The number of nitrogens with one attached hydrogen (secondary N) is 2. The molecule has 1 aromatic carbocycles. The number of likely N-dealkylation sites (N-methyl/N-ethyl adjacent to an activating group) is 1. The number of benzene rings is 1. The molecule has 1 saturated heterocycles. The lowest BCUT2D eigenvalue weighted by molar-refractivity contribution is 0.0847. The quantitative estimate of drug-likeness (QED) is 0.526. The van der Waals surface area contributed by atoms with Crippen molar-refractivity contribution in [3.05, 3.63) is 59.0 Å². The maximum atomic E-state index is 12.8. The molecule has 12 heteroatoms. The van der Waals surface area contributed by atoms with Crippen LogP contribution < -0.4 is 10.9 Å². The van der Waals surface area contributed by atoms with Gasteiger partial charge in [-0.2, -0.15) is 9.40 Å². The molecule has 2 aromatic heterocycles. The highest BCUT2D eigenvalue weighted by Crippen LogP contribution is 2.18. The lowest BCUT2D eigenvalue weighted by Crippen LogP contribution is -2.47. The molecule has 1 aliphatic rings. The van der Waals surface area contributed by atoms with Gasteiger partial charge in [-0.15, -0.1) is 0 Å². The van der Waals surface area contributed by atoms with E-state index in [-0.39, 0.29) is 16.0 Å². The number of hydrazine groups is 1. The van der Waals surface area contributed by atoms with Gasteiger partial charge < -0.3 is 4.90 Å². The fourth-order valence-electron chi connectivity index (χ4n) is 3.64. The van der Waals surface area contributed by atoms with Crippen molar-refractivity contribution in [2.24, 2.45) is 0 Å². The van der Waals surface area contributed by atoms with Crippen molar-refractivity contribution in [2.75, 3.05) is 33.2 Å². The number of fused-ring (bicyclic) bond motifs is 1. The third kappa shape index (κ3) is 4.58. The molecule has 0 radical (unpaired) electrons. The van der Waals surface area contributed by atoms with Gasteiger partial charge in [-0.25, -0.2) is 17.9 Å². The van der Waals surface area contributed by atoms with Crippen LogP contribution in [0.5, 0.6) is 0 Å². The topological polar surface area (TPSA) is 129 Å². The number of carbonyl (C=O) groups is 2. The minimum absolute atomic E-state index is 0.121. The smallest absolute Gasteiger partial charge is 0.275 e. The second kappa shape index (κ2) is 8.89. The third-order valence-corrected chi connectivity index (χ3v) is 7.44. The van der Waals surface area contributed by atoms with Gasteiger partial charge in [-0.3, -0.25) is 20.4 Å². The molecule has 0 saturated carbocycles. The van der Waals surface area contributed by atoms with Crippen LogP contribution in [0.3, 0.4) is 0 Å². The molecular formula is C21H25N7O4S. The lowest BCUT2D eigenvalue weighted by Gasteiger charge is -2.31. The molecule has 0 atom stereocenters. The number of carbonyl (C=O) groups excluding carboxylic acids is 2. The van der Waals surface area contributed by atoms with Gasteiger partial charge in [0.25, 0.3) is 11.8 Å². The van der Waals surface area contributed by atoms with Crippen molar-refractivity contribution >= 4 is 27.5 Å². The van der Waals surface area contributed by atoms with Gasteiger partial charge in [0, 0.05) is 43.1 Å². The molecule has 2 N–H and O–H groups in total. The molecule has 174 valence electrons. The van der Waals surface area contributed by atoms with E-state index in [0.29, 0.717) is 31.8 Å². The summed E-state index contributed by atoms with van der Waals surface area (Å²) in [5.74, 6) is -1.14. The second-order valence-corrected chi connectivity index (χ2v) is 9.91. The van der Waals surface area contributed by atoms with Gasteiger partial charge in [0.15, 0.2) is 5.65 Å². The van der Waals surface area contributed by atoms with Crippen molar-refractivity contribution < 1.29 is 18.0 Å². The van der Waals surface area contributed by atoms with Crippen molar-refractivity contribution in [1.29, 1.82) is 0 Å². The van der Waals surface area contributed by atoms with Crippen LogP contribution in [-0.4, -0.2) is 77.3 Å². The fraction of sp³-hybridized carbons (Fsp3) is 0.333. The molecule has 3 aromatic rings. The van der Waals surface area contributed by atoms with Crippen LogP contribution >= 0.6 is 0 Å². The maximum absolute atomic E-state index is 12.8. The van der Waals surface area contributed by atoms with Crippen LogP contribution in [0.2, 0.25) is 0 Å². The Morgan fingerprint density at radius 3 is 2.27 bits per heavy atom. The molecule has 0 bridgehead atoms. The monoisotopic (exact) mass is 471 g/mol. The number of aryl methyl sites for hydroxylation is 2. The summed E-state index contributed by atoms with van der Waals surface area (Å²) in [7, 11) is -1.67. The van der Waals surface area contributed by atoms with Crippen molar-refractivity contribution in [3.63, 3.8) is 0 Å². The van der Waals surface area contributed by atoms with Gasteiger partial charge >= 0.3 is 0 Å². The van der Waals surface area contributed by atoms with E-state index in [1.54, 1.807) is 4.52 Å². The standard InChI is InChI=1S/C21H25N7O4S/c1-14-12-15(2)28-19(23-14)18(13-22-28)21(30)25-24-20(29)16-4-6-17(7-5-16)33(31,32)27-10-8-26(3)9-11-27/h4-7,12-13H,8-11H2,1-3H3,(H,24,29)(H,25,30). The summed E-state index contributed by atoms with van der Waals surface area (Å²) in [4.78, 5) is 31.5. The Bertz CT molecular complexity index is 1310. The molecule has 0 aliphatic carbocycles. The minimum atomic E-state index is -3.62. The minimum Gasteiger partial charge on any atom is -0.304 e. The molecule has 0 unspecified atom stereocenters. The summed E-state index contributed by atoms with van der Waals surface area (Å²) < 4.78 is 28.6. The number of sulfonamides is 1. The largest absolute Gasteiger partial charge is 0.304 e. The number of nitrogens with zero attached hydrogens (tertiary/aromatic N) is 5. The summed E-state index contributed by atoms with van der Waals surface area (Å²) in [6.45, 7) is 5.85. The Morgan fingerprint density at radius 2 is 1.61 bits per heavy atom. The van der Waals surface area contributed by atoms with Crippen molar-refractivity contribution in [3.8, 4) is 0 Å². The predicted molar refractivity (Wildman–Crippen MR) is 120 cm³/mol. The van der Waals surface area contributed by atoms with Crippen LogP contribution in [0, 0.1) is 13.8 Å². The maximum Gasteiger partial charge on any atom is 0.275 e. The molecule has 2 amide bonds. The number of aromatic nitrogens is 3. The zero-order valence-electron chi connectivity index (χ0n) is 18.6. The SMILES string of the molecule is Cc1cc(C)n2ncc(C(=O)NNC(=O)c3ccc(S(=O)(=O)N4CCN(C)CC4)cc3)c2n1. The first kappa shape index (κ1) is 22.8. The van der Waals surface area contributed by atoms with Crippen molar-refractivity contribution in [1.82, 2.24) is 34.7 Å². The number of piperazine rings is 1. The fourth-order valence-corrected chi connectivity index (χ4v) is 5.06. The second-order valence-electron chi connectivity index (χ2n) is 7.97. The first-order valence-electron chi connectivity index (χ1n) is 10.4. The first-order valence-corrected chi connectivity index (χ1v) is 11.8. The van der Waals surface area contributed by atoms with E-state index >= 15 is 0 Å². The van der Waals surface area contributed by atoms with Gasteiger partial charge in [-0.05, 0) is 51.2 Å². The average Bonchev–Trinajstić information content (AvgIpc) is 3.22. The summed E-state index contributed by atoms with van der Waals surface area (Å²) in [5, 5.41) is 4.16. The van der Waals surface area contributed by atoms with Gasteiger partial charge in [-0.1, -0.05) is 0 Å². The summed E-state index contributed by atoms with van der Waals surface area (Å²) in [6, 6.07) is 7.45. The van der Waals surface area contributed by atoms with Crippen LogP contribution in [0.15, 0.2) is 41.4 Å². The molecule has 0 spiro atoms. The Hall–Kier alpha value is -3.35. The van der Waals surface area contributed by atoms with E-state index < -0.39 is 21.8 Å². The Kier molecular flexibility index (Phi) is 6.15. The summed E-state index contributed by atoms with van der Waals surface area (Å²) >= 11 is 0. The molecule has 11 nitrogen and oxygen atoms in total. The highest BCUT2D eigenvalue weighted by molar-refractivity contribution is 7.89. The van der Waals surface area contributed by atoms with E-state index in [1.807, 2.05) is 27.0 Å². The molecule has 1 aliphatic heterocycles. The van der Waals surface area contributed by atoms with E-state index in [2.05, 4.69) is 25.8 Å². The zero-order valence-corrected chi connectivity index (χ0v) is 19.4. The van der Waals surface area contributed by atoms with Crippen molar-refractivity contribution in [2.45, 2.75) is 18.7 Å². The Labute approximate surface area is 191 Å². The van der Waals surface area contributed by atoms with Crippen LogP contribution in [0.1, 0.15) is 32.1 Å². The number of hydrogen-bond acceptors (Lipinski definition) is 7. The van der Waals surface area contributed by atoms with E-state index in [0.717, 1.165) is 11.4 Å². The van der Waals surface area contributed by atoms with Gasteiger partial charge in [0.2, 0.25) is 10.0 Å². The van der Waals surface area contributed by atoms with E-state index in [1.165, 1.54) is 34.8 Å². The van der Waals surface area contributed by atoms with Crippen LogP contribution in [0.4, 0.5) is 0 Å². The Morgan fingerprint density at radius 1 is 0.970 bits per heavy atom. The first-order chi connectivity index (χ1) is 15.7. The number of amides is 2. The zero-order chi connectivity index (χ0) is 23.8. The average molecular weight is 472 g/mol. The van der Waals surface area contributed by atoms with Gasteiger partial charge in [0.05, 0.1) is 11.1 Å². The third-order valence-electron chi connectivity index (χ3n) is 5.53. The molecule has 33 heavy (non-hydrogen) atoms. The number of hydrogen-bond donors (Lipinski definition) is 2. The van der Waals surface area contributed by atoms with E-state index in [4.69, 9.17) is 0 Å². The highest BCUT2D eigenvalue weighted by Gasteiger charge is 2.27. The normalized spacial score (nSPS) is 15.5. The molecule has 3 heterocycles. The summed E-state index contributed by atoms with van der Waals surface area (Å²) in [6.07, 6.45) is 1.38. The Balaban J connectivity index is 1.42. The summed E-state index contributed by atoms with van der Waals surface area (Å²) in [5.41, 5.74) is 7.07. The van der Waals surface area contributed by atoms with Crippen LogP contribution in [0.25, 0.3) is 5.65 Å². The molecule has 4 rings (SSSR count). The molecular weight excluding hydrogens is 446 g/mol. The van der Waals surface area contributed by atoms with Gasteiger partial charge in [0.1, 0.15) is 5.56 Å². The number of rotatable bonds is 4. The lowest BCUT2D eigenvalue weighted by atomic mass is 10.2. The molecule has 1 fully saturated rings. The predicted octanol–water partition coefficient (Wildman–Crippen LogP) is 0.357. The highest BCUT2D eigenvalue weighted by atomic mass is 32.2. The van der Waals surface area contributed by atoms with E-state index in [9.17, 15) is 18.0 Å².